The molecule has 1 aromatic carbocycles. The summed E-state index contributed by atoms with van der Waals surface area (Å²) >= 11 is 0. The molecule has 1 aromatic heterocycles. The van der Waals surface area contributed by atoms with Gasteiger partial charge < -0.3 is 20.0 Å². The van der Waals surface area contributed by atoms with Gasteiger partial charge in [-0.1, -0.05) is 30.3 Å². The number of nitrogens with one attached hydrogen (secondary N) is 1. The summed E-state index contributed by atoms with van der Waals surface area (Å²) in [6.45, 7) is 7.86. The molecule has 1 aliphatic rings. The summed E-state index contributed by atoms with van der Waals surface area (Å²) in [5.41, 5.74) is 3.82. The van der Waals surface area contributed by atoms with Crippen molar-refractivity contribution in [1.82, 2.24) is 20.1 Å². The largest absolute Gasteiger partial charge is 0.354 e. The summed E-state index contributed by atoms with van der Waals surface area (Å²) in [6.07, 6.45) is 1.89. The van der Waals surface area contributed by atoms with E-state index in [0.29, 0.717) is 6.54 Å². The van der Waals surface area contributed by atoms with Crippen molar-refractivity contribution in [1.29, 1.82) is 0 Å². The van der Waals surface area contributed by atoms with Crippen LogP contribution in [0.5, 0.6) is 0 Å². The zero-order chi connectivity index (χ0) is 19.9. The molecule has 0 saturated carbocycles. The summed E-state index contributed by atoms with van der Waals surface area (Å²) in [5.74, 6) is 1.97. The summed E-state index contributed by atoms with van der Waals surface area (Å²) in [4.78, 5) is 16.0. The van der Waals surface area contributed by atoms with Gasteiger partial charge in [0.25, 0.3) is 0 Å². The van der Waals surface area contributed by atoms with Crippen LogP contribution in [0.15, 0.2) is 47.6 Å². The maximum absolute atomic E-state index is 4.67. The lowest BCUT2D eigenvalue weighted by Gasteiger charge is -2.34. The van der Waals surface area contributed by atoms with Crippen molar-refractivity contribution >= 4 is 11.8 Å². The number of nitrogens with zero attached hydrogens (tertiary/aromatic N) is 5. The molecule has 6 nitrogen and oxygen atoms in total. The van der Waals surface area contributed by atoms with E-state index in [0.717, 1.165) is 44.5 Å². The van der Waals surface area contributed by atoms with Crippen molar-refractivity contribution in [3.8, 4) is 0 Å². The van der Waals surface area contributed by atoms with Gasteiger partial charge >= 0.3 is 0 Å². The van der Waals surface area contributed by atoms with Crippen molar-refractivity contribution in [3.05, 3.63) is 59.3 Å². The molecule has 0 unspecified atom stereocenters. The average molecular weight is 381 g/mol. The van der Waals surface area contributed by atoms with E-state index in [4.69, 9.17) is 0 Å². The first-order valence-corrected chi connectivity index (χ1v) is 9.92. The number of aryl methyl sites for hydroxylation is 1. The standard InChI is InChI=1S/C22H32N6/c1-18-8-5-6-9-20(18)17-27(4)22(23-2)25-16-19-10-7-11-24-21(19)28-14-12-26(3)13-15-28/h5-11H,12-17H2,1-4H3,(H,23,25). The molecule has 1 aliphatic heterocycles. The zero-order valence-corrected chi connectivity index (χ0v) is 17.5. The molecule has 150 valence electrons. The Hall–Kier alpha value is -2.60. The molecule has 1 fully saturated rings. The number of benzene rings is 1. The first kappa shape index (κ1) is 20.1. The van der Waals surface area contributed by atoms with Gasteiger partial charge in [-0.25, -0.2) is 4.98 Å². The Balaban J connectivity index is 1.65. The fourth-order valence-electron chi connectivity index (χ4n) is 3.55. The van der Waals surface area contributed by atoms with E-state index in [1.165, 1.54) is 16.7 Å². The number of aliphatic imine (C=N–C) groups is 1. The van der Waals surface area contributed by atoms with Gasteiger partial charge in [-0.05, 0) is 31.2 Å². The van der Waals surface area contributed by atoms with Gasteiger partial charge in [0.2, 0.25) is 0 Å². The highest BCUT2D eigenvalue weighted by Gasteiger charge is 2.18. The van der Waals surface area contributed by atoms with Crippen LogP contribution in [-0.2, 0) is 13.1 Å². The smallest absolute Gasteiger partial charge is 0.193 e. The number of hydrogen-bond donors (Lipinski definition) is 1. The number of piperazine rings is 1. The number of aromatic nitrogens is 1. The van der Waals surface area contributed by atoms with Crippen molar-refractivity contribution in [2.75, 3.05) is 52.2 Å². The lowest BCUT2D eigenvalue weighted by Crippen LogP contribution is -2.45. The summed E-state index contributed by atoms with van der Waals surface area (Å²) < 4.78 is 0. The van der Waals surface area contributed by atoms with Gasteiger partial charge in [-0.15, -0.1) is 0 Å². The Morgan fingerprint density at radius 1 is 1.11 bits per heavy atom. The van der Waals surface area contributed by atoms with Crippen LogP contribution < -0.4 is 10.2 Å². The molecule has 0 spiro atoms. The molecule has 0 radical (unpaired) electrons. The lowest BCUT2D eigenvalue weighted by molar-refractivity contribution is 0.311. The van der Waals surface area contributed by atoms with Crippen molar-refractivity contribution in [2.45, 2.75) is 20.0 Å². The first-order chi connectivity index (χ1) is 13.6. The molecule has 6 heteroatoms. The van der Waals surface area contributed by atoms with E-state index in [9.17, 15) is 0 Å². The van der Waals surface area contributed by atoms with Gasteiger partial charge in [0.15, 0.2) is 5.96 Å². The number of anilines is 1. The average Bonchev–Trinajstić information content (AvgIpc) is 2.71. The number of pyridine rings is 1. The SMILES string of the molecule is CN=C(NCc1cccnc1N1CCN(C)CC1)N(C)Cc1ccccc1C. The van der Waals surface area contributed by atoms with E-state index in [-0.39, 0.29) is 0 Å². The maximum Gasteiger partial charge on any atom is 0.193 e. The van der Waals surface area contributed by atoms with Gasteiger partial charge in [-0.3, -0.25) is 4.99 Å². The van der Waals surface area contributed by atoms with Crippen LogP contribution in [0.4, 0.5) is 5.82 Å². The van der Waals surface area contributed by atoms with Crippen LogP contribution in [0.1, 0.15) is 16.7 Å². The highest BCUT2D eigenvalue weighted by molar-refractivity contribution is 5.79. The molecule has 2 aromatic rings. The molecule has 3 rings (SSSR count). The van der Waals surface area contributed by atoms with E-state index in [1.54, 1.807) is 0 Å². The summed E-state index contributed by atoms with van der Waals surface area (Å²) in [7, 11) is 6.08. The molecule has 28 heavy (non-hydrogen) atoms. The first-order valence-electron chi connectivity index (χ1n) is 9.92. The predicted octanol–water partition coefficient (Wildman–Crippen LogP) is 2.35. The third kappa shape index (κ3) is 5.01. The molecule has 0 amide bonds. The molecule has 1 saturated heterocycles. The number of likely N-dealkylation sites (N-methyl/N-ethyl adjacent to an activating group) is 1. The second kappa shape index (κ2) is 9.55. The minimum absolute atomic E-state index is 0.709. The van der Waals surface area contributed by atoms with Gasteiger partial charge in [0.1, 0.15) is 5.82 Å². The Morgan fingerprint density at radius 3 is 2.54 bits per heavy atom. The van der Waals surface area contributed by atoms with Gasteiger partial charge in [-0.2, -0.15) is 0 Å². The third-order valence-corrected chi connectivity index (χ3v) is 5.35. The highest BCUT2D eigenvalue weighted by atomic mass is 15.3. The Bertz CT molecular complexity index is 795. The molecule has 0 aliphatic carbocycles. The molecule has 0 bridgehead atoms. The van der Waals surface area contributed by atoms with E-state index in [2.05, 4.69) is 81.3 Å². The molecular formula is C22H32N6. The monoisotopic (exact) mass is 380 g/mol. The minimum Gasteiger partial charge on any atom is -0.354 e. The third-order valence-electron chi connectivity index (χ3n) is 5.35. The second-order valence-electron chi connectivity index (χ2n) is 7.46. The van der Waals surface area contributed by atoms with E-state index in [1.807, 2.05) is 19.3 Å². The molecule has 2 heterocycles. The summed E-state index contributed by atoms with van der Waals surface area (Å²) in [6, 6.07) is 12.7. The molecule has 1 N–H and O–H groups in total. The van der Waals surface area contributed by atoms with Crippen LogP contribution in [0.2, 0.25) is 0 Å². The number of guanidine groups is 1. The number of hydrogen-bond acceptors (Lipinski definition) is 4. The molecular weight excluding hydrogens is 348 g/mol. The minimum atomic E-state index is 0.709. The molecule has 0 atom stereocenters. The fourth-order valence-corrected chi connectivity index (χ4v) is 3.55. The second-order valence-corrected chi connectivity index (χ2v) is 7.46. The lowest BCUT2D eigenvalue weighted by atomic mass is 10.1. The van der Waals surface area contributed by atoms with E-state index >= 15 is 0 Å². The van der Waals surface area contributed by atoms with Crippen LogP contribution in [0.3, 0.4) is 0 Å². The maximum atomic E-state index is 4.67. The zero-order valence-electron chi connectivity index (χ0n) is 17.5. The quantitative estimate of drug-likeness (QED) is 0.637. The van der Waals surface area contributed by atoms with Crippen LogP contribution in [0, 0.1) is 6.92 Å². The fraction of sp³-hybridized carbons (Fsp3) is 0.455. The van der Waals surface area contributed by atoms with Crippen molar-refractivity contribution < 1.29 is 0 Å². The van der Waals surface area contributed by atoms with Crippen LogP contribution in [-0.4, -0.2) is 68.1 Å². The summed E-state index contributed by atoms with van der Waals surface area (Å²) in [5, 5.41) is 3.51. The Kier molecular flexibility index (Phi) is 6.87. The highest BCUT2D eigenvalue weighted by Crippen LogP contribution is 2.19. The van der Waals surface area contributed by atoms with Crippen molar-refractivity contribution in [3.63, 3.8) is 0 Å². The van der Waals surface area contributed by atoms with Gasteiger partial charge in [0.05, 0.1) is 0 Å². The predicted molar refractivity (Wildman–Crippen MR) is 117 cm³/mol. The Morgan fingerprint density at radius 2 is 1.82 bits per heavy atom. The van der Waals surface area contributed by atoms with Gasteiger partial charge in [0, 0.05) is 65.1 Å². The van der Waals surface area contributed by atoms with E-state index < -0.39 is 0 Å². The van der Waals surface area contributed by atoms with Crippen LogP contribution >= 0.6 is 0 Å². The van der Waals surface area contributed by atoms with Crippen LogP contribution in [0.25, 0.3) is 0 Å². The normalized spacial score (nSPS) is 15.6. The number of rotatable bonds is 5. The Labute approximate surface area is 168 Å². The van der Waals surface area contributed by atoms with Crippen molar-refractivity contribution in [2.24, 2.45) is 4.99 Å². The topological polar surface area (TPSA) is 47.0 Å².